The Kier molecular flexibility index (Phi) is 8.97. The third kappa shape index (κ3) is 7.89. The van der Waals surface area contributed by atoms with E-state index in [1.807, 2.05) is 18.2 Å². The van der Waals surface area contributed by atoms with Gasteiger partial charge in [-0.3, -0.25) is 4.79 Å². The molecule has 3 N–H and O–H groups in total. The predicted molar refractivity (Wildman–Crippen MR) is 130 cm³/mol. The molecule has 0 radical (unpaired) electrons. The lowest BCUT2D eigenvalue weighted by molar-refractivity contribution is -0.121. The highest BCUT2D eigenvalue weighted by molar-refractivity contribution is 6.32. The monoisotopic (exact) mass is 493 g/mol. The van der Waals surface area contributed by atoms with Gasteiger partial charge in [0.05, 0.1) is 22.4 Å². The van der Waals surface area contributed by atoms with Gasteiger partial charge in [-0.15, -0.1) is 0 Å². The fraction of sp³-hybridized carbons (Fsp3) is 0.417. The highest BCUT2D eigenvalue weighted by Gasteiger charge is 2.19. The van der Waals surface area contributed by atoms with Crippen LogP contribution in [0.25, 0.3) is 0 Å². The molecule has 1 unspecified atom stereocenters. The Labute approximate surface area is 204 Å². The lowest BCUT2D eigenvalue weighted by Crippen LogP contribution is -2.42. The van der Waals surface area contributed by atoms with E-state index in [-0.39, 0.29) is 11.4 Å². The summed E-state index contributed by atoms with van der Waals surface area (Å²) < 4.78 is 11.4. The van der Waals surface area contributed by atoms with Gasteiger partial charge in [0.1, 0.15) is 11.5 Å². The second-order valence-corrected chi connectivity index (χ2v) is 9.25. The minimum absolute atomic E-state index is 0.0800. The van der Waals surface area contributed by atoms with Crippen LogP contribution < -0.4 is 20.2 Å². The first kappa shape index (κ1) is 25.3. The number of aliphatic hydroxyl groups is 1. The highest BCUT2D eigenvalue weighted by atomic mass is 35.5. The number of nitrogens with zero attached hydrogens (tertiary/aromatic N) is 1. The van der Waals surface area contributed by atoms with Crippen LogP contribution in [0.15, 0.2) is 47.6 Å². The molecule has 2 aromatic carbocycles. The highest BCUT2D eigenvalue weighted by Crippen LogP contribution is 2.27. The number of halogens is 2. The van der Waals surface area contributed by atoms with Gasteiger partial charge >= 0.3 is 0 Å². The number of carbonyl (C=O) groups excluding carboxylic acids is 1. The molecule has 0 saturated carbocycles. The average molecular weight is 494 g/mol. The summed E-state index contributed by atoms with van der Waals surface area (Å²) in [5, 5.41) is 18.6. The molecule has 0 spiro atoms. The molecule has 2 aromatic rings. The van der Waals surface area contributed by atoms with Gasteiger partial charge in [-0.05, 0) is 56.2 Å². The van der Waals surface area contributed by atoms with Gasteiger partial charge in [-0.25, -0.2) is 5.43 Å². The maximum absolute atomic E-state index is 11.3. The molecule has 33 heavy (non-hydrogen) atoms. The molecule has 178 valence electrons. The Morgan fingerprint density at radius 2 is 1.94 bits per heavy atom. The van der Waals surface area contributed by atoms with Crippen LogP contribution in [0.1, 0.15) is 45.1 Å². The first-order valence-electron chi connectivity index (χ1n) is 10.9. The standard InChI is InChI=1S/C24H29Cl2N3O4/c1-24(2,27-13-11-23(31)33-21-6-4-3-5-17(21)25)12-14-32-20-9-7-16(15-18(20)26)19-8-10-22(30)29-28-19/h3-7,9,15,23,27,31H,8,10-14H2,1-2H3,(H,29,30). The number of benzene rings is 2. The molecule has 1 atom stereocenters. The lowest BCUT2D eigenvalue weighted by Gasteiger charge is -2.27. The molecule has 1 heterocycles. The van der Waals surface area contributed by atoms with E-state index in [1.54, 1.807) is 24.3 Å². The van der Waals surface area contributed by atoms with Crippen LogP contribution in [-0.2, 0) is 4.79 Å². The summed E-state index contributed by atoms with van der Waals surface area (Å²) >= 11 is 12.4. The van der Waals surface area contributed by atoms with E-state index in [4.69, 9.17) is 32.7 Å². The van der Waals surface area contributed by atoms with Crippen LogP contribution in [0.2, 0.25) is 10.0 Å². The number of carbonyl (C=O) groups is 1. The van der Waals surface area contributed by atoms with Crippen molar-refractivity contribution < 1.29 is 19.4 Å². The molecular weight excluding hydrogens is 465 g/mol. The molecule has 0 saturated heterocycles. The van der Waals surface area contributed by atoms with Gasteiger partial charge in [0.25, 0.3) is 0 Å². The summed E-state index contributed by atoms with van der Waals surface area (Å²) in [6, 6.07) is 12.6. The molecule has 1 aliphatic heterocycles. The predicted octanol–water partition coefficient (Wildman–Crippen LogP) is 4.53. The van der Waals surface area contributed by atoms with Crippen molar-refractivity contribution in [2.45, 2.75) is 51.4 Å². The third-order valence-electron chi connectivity index (χ3n) is 5.25. The number of hydrogen-bond donors (Lipinski definition) is 3. The topological polar surface area (TPSA) is 92.2 Å². The minimum atomic E-state index is -0.955. The van der Waals surface area contributed by atoms with Crippen molar-refractivity contribution in [3.8, 4) is 11.5 Å². The first-order valence-corrected chi connectivity index (χ1v) is 11.6. The zero-order chi connectivity index (χ0) is 23.8. The number of amides is 1. The Hall–Kier alpha value is -2.32. The third-order valence-corrected chi connectivity index (χ3v) is 5.86. The van der Waals surface area contributed by atoms with Crippen molar-refractivity contribution >= 4 is 34.8 Å². The maximum atomic E-state index is 11.3. The molecule has 3 rings (SSSR count). The van der Waals surface area contributed by atoms with Crippen LogP contribution in [0.3, 0.4) is 0 Å². The SMILES string of the molecule is CC(C)(CCOc1ccc(C2=NNC(=O)CC2)cc1Cl)NCCC(O)Oc1ccccc1Cl. The Balaban J connectivity index is 1.41. The summed E-state index contributed by atoms with van der Waals surface area (Å²) in [6.45, 7) is 5.16. The van der Waals surface area contributed by atoms with Crippen molar-refractivity contribution in [2.24, 2.45) is 5.10 Å². The normalized spacial score (nSPS) is 14.9. The largest absolute Gasteiger partial charge is 0.492 e. The van der Waals surface area contributed by atoms with E-state index in [0.717, 1.165) is 17.7 Å². The van der Waals surface area contributed by atoms with Crippen LogP contribution in [0.5, 0.6) is 11.5 Å². The van der Waals surface area contributed by atoms with Crippen molar-refractivity contribution in [3.05, 3.63) is 58.1 Å². The number of nitrogens with one attached hydrogen (secondary N) is 2. The average Bonchev–Trinajstić information content (AvgIpc) is 2.77. The second kappa shape index (κ2) is 11.7. The summed E-state index contributed by atoms with van der Waals surface area (Å²) in [5.41, 5.74) is 3.94. The van der Waals surface area contributed by atoms with E-state index in [2.05, 4.69) is 29.7 Å². The van der Waals surface area contributed by atoms with Crippen molar-refractivity contribution in [1.29, 1.82) is 0 Å². The summed E-state index contributed by atoms with van der Waals surface area (Å²) in [5.74, 6) is 0.978. The lowest BCUT2D eigenvalue weighted by atomic mass is 10.0. The first-order chi connectivity index (χ1) is 15.7. The van der Waals surface area contributed by atoms with E-state index >= 15 is 0 Å². The van der Waals surface area contributed by atoms with Crippen molar-refractivity contribution in [2.75, 3.05) is 13.2 Å². The van der Waals surface area contributed by atoms with Crippen LogP contribution in [0, 0.1) is 0 Å². The molecule has 0 bridgehead atoms. The summed E-state index contributed by atoms with van der Waals surface area (Å²) in [4.78, 5) is 11.3. The van der Waals surface area contributed by atoms with Crippen molar-refractivity contribution in [1.82, 2.24) is 10.7 Å². The van der Waals surface area contributed by atoms with Gasteiger partial charge in [0.2, 0.25) is 5.91 Å². The second-order valence-electron chi connectivity index (χ2n) is 8.44. The smallest absolute Gasteiger partial charge is 0.240 e. The fourth-order valence-electron chi connectivity index (χ4n) is 3.26. The van der Waals surface area contributed by atoms with E-state index in [9.17, 15) is 9.90 Å². The summed E-state index contributed by atoms with van der Waals surface area (Å²) in [6.07, 6.45) is 1.18. The number of ether oxygens (including phenoxy) is 2. The van der Waals surface area contributed by atoms with Crippen LogP contribution in [-0.4, -0.2) is 41.7 Å². The van der Waals surface area contributed by atoms with E-state index in [1.165, 1.54) is 0 Å². The van der Waals surface area contributed by atoms with Gasteiger partial charge < -0.3 is 19.9 Å². The van der Waals surface area contributed by atoms with Gasteiger partial charge in [-0.1, -0.05) is 35.3 Å². The van der Waals surface area contributed by atoms with Gasteiger partial charge in [-0.2, -0.15) is 5.10 Å². The zero-order valence-corrected chi connectivity index (χ0v) is 20.2. The van der Waals surface area contributed by atoms with Crippen molar-refractivity contribution in [3.63, 3.8) is 0 Å². The molecule has 9 heteroatoms. The zero-order valence-electron chi connectivity index (χ0n) is 18.7. The Morgan fingerprint density at radius 3 is 2.64 bits per heavy atom. The summed E-state index contributed by atoms with van der Waals surface area (Å²) in [7, 11) is 0. The number of rotatable bonds is 11. The number of hydrazone groups is 1. The van der Waals surface area contributed by atoms with E-state index in [0.29, 0.717) is 54.0 Å². The molecular formula is C24H29Cl2N3O4. The molecule has 1 amide bonds. The maximum Gasteiger partial charge on any atom is 0.240 e. The molecule has 7 nitrogen and oxygen atoms in total. The van der Waals surface area contributed by atoms with Crippen LogP contribution >= 0.6 is 23.2 Å². The molecule has 1 aliphatic rings. The van der Waals surface area contributed by atoms with Gasteiger partial charge in [0.15, 0.2) is 6.29 Å². The number of aliphatic hydroxyl groups excluding tert-OH is 1. The number of para-hydroxylation sites is 1. The van der Waals surface area contributed by atoms with Crippen LogP contribution in [0.4, 0.5) is 0 Å². The molecule has 0 aromatic heterocycles. The Bertz CT molecular complexity index is 997. The fourth-order valence-corrected chi connectivity index (χ4v) is 3.68. The number of hydrogen-bond acceptors (Lipinski definition) is 6. The van der Waals surface area contributed by atoms with E-state index < -0.39 is 6.29 Å². The minimum Gasteiger partial charge on any atom is -0.492 e. The molecule has 0 aliphatic carbocycles. The molecule has 0 fully saturated rings. The Morgan fingerprint density at radius 1 is 1.15 bits per heavy atom. The quantitative estimate of drug-likeness (QED) is 0.399. The van der Waals surface area contributed by atoms with Gasteiger partial charge in [0, 0.05) is 31.3 Å².